The van der Waals surface area contributed by atoms with Crippen LogP contribution in [0.25, 0.3) is 0 Å². The topological polar surface area (TPSA) is 60.4 Å². The first-order valence-electron chi connectivity index (χ1n) is 12.4. The van der Waals surface area contributed by atoms with E-state index in [0.29, 0.717) is 18.3 Å². The lowest BCUT2D eigenvalue weighted by atomic mass is 9.51. The molecule has 0 N–H and O–H groups in total. The zero-order chi connectivity index (χ0) is 23.4. The van der Waals surface area contributed by atoms with Crippen LogP contribution in [-0.4, -0.2) is 24.1 Å². The molecule has 0 saturated heterocycles. The molecule has 2 saturated carbocycles. The number of Topliss-reactive ketones (excluding diaryl/α,β-unsaturated/α-hetero) is 1. The van der Waals surface area contributed by atoms with E-state index in [4.69, 9.17) is 4.74 Å². The maximum atomic E-state index is 13.5. The first-order chi connectivity index (χ1) is 15.7. The SMILES string of the molecule is CC(=O)OCC(=O)C1C(c2ccccc2)CC2C3CCC4=CC(=O)CCC4(C)C3=CCC21C. The van der Waals surface area contributed by atoms with Crippen molar-refractivity contribution in [2.24, 2.45) is 28.6 Å². The highest BCUT2D eigenvalue weighted by Crippen LogP contribution is 2.67. The molecule has 4 heteroatoms. The molecule has 0 amide bonds. The van der Waals surface area contributed by atoms with Gasteiger partial charge in [0.1, 0.15) is 6.61 Å². The molecule has 0 bridgehead atoms. The molecule has 0 aliphatic heterocycles. The van der Waals surface area contributed by atoms with Gasteiger partial charge in [-0.15, -0.1) is 0 Å². The molecule has 174 valence electrons. The molecular formula is C29H34O4. The third kappa shape index (κ3) is 3.53. The van der Waals surface area contributed by atoms with Gasteiger partial charge < -0.3 is 4.74 Å². The van der Waals surface area contributed by atoms with Crippen LogP contribution in [-0.2, 0) is 19.1 Å². The Bertz CT molecular complexity index is 1050. The Morgan fingerprint density at radius 1 is 1.09 bits per heavy atom. The molecule has 0 aromatic heterocycles. The fraction of sp³-hybridized carbons (Fsp3) is 0.552. The summed E-state index contributed by atoms with van der Waals surface area (Å²) < 4.78 is 5.19. The number of fused-ring (bicyclic) bond motifs is 5. The summed E-state index contributed by atoms with van der Waals surface area (Å²) in [6.07, 6.45) is 9.73. The molecule has 2 fully saturated rings. The molecule has 0 spiro atoms. The van der Waals surface area contributed by atoms with Crippen LogP contribution in [0.1, 0.15) is 70.8 Å². The van der Waals surface area contributed by atoms with Crippen LogP contribution in [0.4, 0.5) is 0 Å². The summed E-state index contributed by atoms with van der Waals surface area (Å²) in [4.78, 5) is 37.1. The number of carbonyl (C=O) groups is 3. The van der Waals surface area contributed by atoms with Crippen molar-refractivity contribution in [3.05, 3.63) is 59.2 Å². The predicted molar refractivity (Wildman–Crippen MR) is 126 cm³/mol. The van der Waals surface area contributed by atoms with Crippen LogP contribution in [0.2, 0.25) is 0 Å². The first kappa shape index (κ1) is 22.3. The second kappa shape index (κ2) is 8.07. The van der Waals surface area contributed by atoms with Crippen LogP contribution in [0.5, 0.6) is 0 Å². The Morgan fingerprint density at radius 3 is 2.58 bits per heavy atom. The van der Waals surface area contributed by atoms with Gasteiger partial charge in [-0.25, -0.2) is 0 Å². The lowest BCUT2D eigenvalue weighted by molar-refractivity contribution is -0.148. The number of ketones is 2. The second-order valence-corrected chi connectivity index (χ2v) is 11.1. The van der Waals surface area contributed by atoms with Crippen LogP contribution in [0.3, 0.4) is 0 Å². The number of ether oxygens (including phenoxy) is 1. The van der Waals surface area contributed by atoms with Gasteiger partial charge in [0.05, 0.1) is 0 Å². The number of benzene rings is 1. The minimum absolute atomic E-state index is 0.0137. The van der Waals surface area contributed by atoms with Gasteiger partial charge in [0.2, 0.25) is 0 Å². The summed E-state index contributed by atoms with van der Waals surface area (Å²) >= 11 is 0. The predicted octanol–water partition coefficient (Wildman–Crippen LogP) is 5.58. The molecule has 1 aromatic rings. The second-order valence-electron chi connectivity index (χ2n) is 11.1. The Hall–Kier alpha value is -2.49. The van der Waals surface area contributed by atoms with Crippen LogP contribution < -0.4 is 0 Å². The average molecular weight is 447 g/mol. The number of esters is 1. The summed E-state index contributed by atoms with van der Waals surface area (Å²) in [7, 11) is 0. The molecule has 4 aliphatic rings. The largest absolute Gasteiger partial charge is 0.458 e. The van der Waals surface area contributed by atoms with Crippen molar-refractivity contribution in [3.8, 4) is 0 Å². The van der Waals surface area contributed by atoms with Crippen molar-refractivity contribution in [2.45, 2.75) is 65.2 Å². The minimum Gasteiger partial charge on any atom is -0.458 e. The zero-order valence-electron chi connectivity index (χ0n) is 19.9. The summed E-state index contributed by atoms with van der Waals surface area (Å²) in [5.74, 6) is 0.725. The lowest BCUT2D eigenvalue weighted by Gasteiger charge is -2.53. The molecular weight excluding hydrogens is 412 g/mol. The normalized spacial score (nSPS) is 37.2. The van der Waals surface area contributed by atoms with E-state index in [0.717, 1.165) is 32.1 Å². The smallest absolute Gasteiger partial charge is 0.303 e. The molecule has 4 nitrogen and oxygen atoms in total. The van der Waals surface area contributed by atoms with Crippen molar-refractivity contribution in [2.75, 3.05) is 6.61 Å². The quantitative estimate of drug-likeness (QED) is 0.447. The van der Waals surface area contributed by atoms with E-state index in [1.54, 1.807) is 0 Å². The maximum absolute atomic E-state index is 13.5. The van der Waals surface area contributed by atoms with Crippen molar-refractivity contribution >= 4 is 17.5 Å². The monoisotopic (exact) mass is 446 g/mol. The molecule has 0 radical (unpaired) electrons. The van der Waals surface area contributed by atoms with Gasteiger partial charge in [-0.1, -0.05) is 61.4 Å². The third-order valence-corrected chi connectivity index (χ3v) is 9.38. The summed E-state index contributed by atoms with van der Waals surface area (Å²) in [6.45, 7) is 5.85. The number of rotatable bonds is 4. The average Bonchev–Trinajstić information content (AvgIpc) is 3.12. The fourth-order valence-corrected chi connectivity index (χ4v) is 7.79. The minimum atomic E-state index is -0.406. The van der Waals surface area contributed by atoms with Gasteiger partial charge in [-0.2, -0.15) is 0 Å². The van der Waals surface area contributed by atoms with E-state index in [9.17, 15) is 14.4 Å². The lowest BCUT2D eigenvalue weighted by Crippen LogP contribution is -2.46. The molecule has 4 aliphatic carbocycles. The van der Waals surface area contributed by atoms with E-state index >= 15 is 0 Å². The Morgan fingerprint density at radius 2 is 1.85 bits per heavy atom. The highest BCUT2D eigenvalue weighted by atomic mass is 16.5. The Balaban J connectivity index is 1.54. The first-order valence-corrected chi connectivity index (χ1v) is 12.4. The van der Waals surface area contributed by atoms with Gasteiger partial charge in [-0.05, 0) is 66.9 Å². The van der Waals surface area contributed by atoms with Crippen molar-refractivity contribution in [3.63, 3.8) is 0 Å². The van der Waals surface area contributed by atoms with Crippen LogP contribution in [0, 0.1) is 28.6 Å². The van der Waals surface area contributed by atoms with Crippen LogP contribution >= 0.6 is 0 Å². The number of hydrogen-bond donors (Lipinski definition) is 0. The van der Waals surface area contributed by atoms with Gasteiger partial charge in [0, 0.05) is 24.7 Å². The van der Waals surface area contributed by atoms with Crippen LogP contribution in [0.15, 0.2) is 53.6 Å². The van der Waals surface area contributed by atoms with Gasteiger partial charge in [0.25, 0.3) is 0 Å². The van der Waals surface area contributed by atoms with Crippen molar-refractivity contribution in [1.29, 1.82) is 0 Å². The third-order valence-electron chi connectivity index (χ3n) is 9.38. The van der Waals surface area contributed by atoms with Crippen molar-refractivity contribution < 1.29 is 19.1 Å². The molecule has 33 heavy (non-hydrogen) atoms. The zero-order valence-corrected chi connectivity index (χ0v) is 19.9. The van der Waals surface area contributed by atoms with E-state index in [2.05, 4.69) is 44.2 Å². The highest BCUT2D eigenvalue weighted by molar-refractivity contribution is 5.92. The van der Waals surface area contributed by atoms with Gasteiger partial charge in [-0.3, -0.25) is 14.4 Å². The molecule has 1 aromatic carbocycles. The van der Waals surface area contributed by atoms with E-state index in [1.165, 1.54) is 23.6 Å². The van der Waals surface area contributed by atoms with Gasteiger partial charge >= 0.3 is 5.97 Å². The highest BCUT2D eigenvalue weighted by Gasteiger charge is 2.60. The Labute approximate surface area is 196 Å². The number of carbonyl (C=O) groups excluding carboxylic acids is 3. The fourth-order valence-electron chi connectivity index (χ4n) is 7.79. The molecule has 6 atom stereocenters. The molecule has 5 rings (SSSR count). The molecule has 6 unspecified atom stereocenters. The molecule has 0 heterocycles. The van der Waals surface area contributed by atoms with Gasteiger partial charge in [0.15, 0.2) is 11.6 Å². The Kier molecular flexibility index (Phi) is 5.46. The van der Waals surface area contributed by atoms with E-state index < -0.39 is 5.97 Å². The summed E-state index contributed by atoms with van der Waals surface area (Å²) in [5, 5.41) is 0. The number of allylic oxidation sites excluding steroid dienone is 4. The van der Waals surface area contributed by atoms with E-state index in [1.807, 2.05) is 12.1 Å². The maximum Gasteiger partial charge on any atom is 0.303 e. The number of hydrogen-bond acceptors (Lipinski definition) is 4. The van der Waals surface area contributed by atoms with Crippen molar-refractivity contribution in [1.82, 2.24) is 0 Å². The summed E-state index contributed by atoms with van der Waals surface area (Å²) in [6, 6.07) is 10.4. The summed E-state index contributed by atoms with van der Waals surface area (Å²) in [5.41, 5.74) is 3.86. The van der Waals surface area contributed by atoms with E-state index in [-0.39, 0.29) is 40.8 Å². The standard InChI is InChI=1S/C29H34O4/c1-18(30)33-17-26(32)27-23(19-7-5-4-6-8-19)16-25-22-10-9-20-15-21(31)11-13-28(20,2)24(22)12-14-29(25,27)3/h4-8,12,15,22-23,25,27H,9-11,13-14,16-17H2,1-3H3.